The van der Waals surface area contributed by atoms with Crippen LogP contribution in [0.5, 0.6) is 0 Å². The Morgan fingerprint density at radius 1 is 0.608 bits per heavy atom. The van der Waals surface area contributed by atoms with Crippen LogP contribution in [-0.2, 0) is 75.3 Å². The van der Waals surface area contributed by atoms with Crippen molar-refractivity contribution in [1.29, 1.82) is 0 Å². The van der Waals surface area contributed by atoms with Crippen LogP contribution < -0.4 is 88.7 Å². The van der Waals surface area contributed by atoms with Gasteiger partial charge in [-0.25, -0.2) is 4.57 Å². The quantitative estimate of drug-likeness (QED) is 0.0299. The Bertz CT molecular complexity index is 1030. The van der Waals surface area contributed by atoms with Gasteiger partial charge in [-0.15, -0.1) is 0 Å². The third-order valence-electron chi connectivity index (χ3n) is 5.71. The number of phosphoric acid groups is 1. The van der Waals surface area contributed by atoms with E-state index in [4.69, 9.17) is 9.05 Å². The zero-order valence-corrected chi connectivity index (χ0v) is 36.5. The van der Waals surface area contributed by atoms with Crippen molar-refractivity contribution in [2.24, 2.45) is 0 Å². The number of aliphatic hydroxyl groups excluding tert-OH is 4. The minimum atomic E-state index is -4.42. The van der Waals surface area contributed by atoms with E-state index in [1.807, 2.05) is 0 Å². The molecule has 0 radical (unpaired) electrons. The Hall–Kier alpha value is -0.230. The van der Waals surface area contributed by atoms with Crippen LogP contribution in [0.1, 0.15) is 59.3 Å². The Kier molecular flexibility index (Phi) is 36.1. The summed E-state index contributed by atoms with van der Waals surface area (Å²) in [6.07, 6.45) is -8.27. The van der Waals surface area contributed by atoms with E-state index in [1.165, 1.54) is 20.8 Å². The molecule has 4 N–H and O–H groups in total. The van der Waals surface area contributed by atoms with Gasteiger partial charge in [0.2, 0.25) is 0 Å². The normalized spacial score (nSPS) is 23.9. The maximum Gasteiger partial charge on any atom is 1.00 e. The standard InChI is InChI=1S/C13H20O12P.2C7H11O4.3Na/c1-6(14)21-4-2-3-7(15)22-5-23-26(20)24-12-9(17)8(16)10(18)13(25-26)11(12)19;2*1-6(8)11-5-3-4-7(9)10-2;;;/h5,8-13,16-19H,2-4H2,1H3;2*2-5H2,1H3;;;/q3*-1;3*+1/t8?,9-,10+,11?,12-,13-,26?;;;;;/m0...../s1. The molecule has 1 saturated heterocycles. The van der Waals surface area contributed by atoms with Gasteiger partial charge in [-0.2, -0.15) is 14.2 Å². The zero-order valence-electron chi connectivity index (χ0n) is 29.6. The van der Waals surface area contributed by atoms with Gasteiger partial charge >= 0.3 is 114 Å². The second-order valence-electron chi connectivity index (χ2n) is 9.60. The van der Waals surface area contributed by atoms with Crippen molar-refractivity contribution >= 4 is 43.6 Å². The molecule has 1 aliphatic heterocycles. The summed E-state index contributed by atoms with van der Waals surface area (Å²) in [6, 6.07) is 0. The first-order valence-electron chi connectivity index (χ1n) is 14.2. The summed E-state index contributed by atoms with van der Waals surface area (Å²) in [4.78, 5) is 63.3. The molecule has 2 aliphatic rings. The number of carbonyl (C=O) groups excluding carboxylic acids is 6. The summed E-state index contributed by atoms with van der Waals surface area (Å²) in [5.74, 6) is -2.73. The number of fused-ring (bicyclic) bond motifs is 2. The van der Waals surface area contributed by atoms with Gasteiger partial charge < -0.3 is 53.4 Å². The van der Waals surface area contributed by atoms with Crippen LogP contribution in [0.2, 0.25) is 0 Å². The molecule has 0 aromatic rings. The second kappa shape index (κ2) is 32.1. The van der Waals surface area contributed by atoms with Crippen LogP contribution in [0, 0.1) is 21.0 Å². The smallest absolute Gasteiger partial charge is 0.640 e. The third-order valence-corrected chi connectivity index (χ3v) is 7.06. The second-order valence-corrected chi connectivity index (χ2v) is 11.1. The van der Waals surface area contributed by atoms with Gasteiger partial charge in [-0.05, 0) is 26.1 Å². The molecular formula is C27H42Na3O20P. The van der Waals surface area contributed by atoms with Gasteiger partial charge in [0.15, 0.2) is 0 Å². The van der Waals surface area contributed by atoms with E-state index in [2.05, 4.69) is 47.2 Å². The van der Waals surface area contributed by atoms with E-state index in [0.29, 0.717) is 19.6 Å². The van der Waals surface area contributed by atoms with Gasteiger partial charge in [0.1, 0.15) is 36.6 Å². The number of aliphatic hydroxyl groups is 4. The molecular weight excluding hydrogens is 744 g/mol. The fourth-order valence-electron chi connectivity index (χ4n) is 3.43. The Balaban J connectivity index is -0.000000371. The van der Waals surface area contributed by atoms with E-state index in [9.17, 15) is 53.8 Å². The monoisotopic (exact) mass is 786 g/mol. The minimum absolute atomic E-state index is 0. The van der Waals surface area contributed by atoms with E-state index in [0.717, 1.165) is 0 Å². The molecule has 7 atom stereocenters. The predicted molar refractivity (Wildman–Crippen MR) is 153 cm³/mol. The molecule has 1 heterocycles. The number of carbonyl (C=O) groups is 6. The van der Waals surface area contributed by atoms with Crippen molar-refractivity contribution in [3.63, 3.8) is 0 Å². The van der Waals surface area contributed by atoms with Crippen LogP contribution in [-0.4, -0.2) is 113 Å². The summed E-state index contributed by atoms with van der Waals surface area (Å²) >= 11 is 0. The zero-order chi connectivity index (χ0) is 36.9. The summed E-state index contributed by atoms with van der Waals surface area (Å²) in [5, 5.41) is 39.0. The molecule has 2 rings (SSSR count). The summed E-state index contributed by atoms with van der Waals surface area (Å²) in [7, 11) is 1.46. The molecule has 278 valence electrons. The van der Waals surface area contributed by atoms with Crippen molar-refractivity contribution in [3.05, 3.63) is 21.0 Å². The minimum Gasteiger partial charge on any atom is -0.640 e. The Morgan fingerprint density at radius 2 is 0.941 bits per heavy atom. The maximum absolute atomic E-state index is 12.3. The maximum atomic E-state index is 12.3. The van der Waals surface area contributed by atoms with Crippen LogP contribution in [0.3, 0.4) is 0 Å². The van der Waals surface area contributed by atoms with Gasteiger partial charge in [0.25, 0.3) is 17.9 Å². The first kappa shape index (κ1) is 57.5. The Morgan fingerprint density at radius 3 is 1.25 bits per heavy atom. The van der Waals surface area contributed by atoms with Gasteiger partial charge in [0.05, 0.1) is 19.8 Å². The van der Waals surface area contributed by atoms with Crippen molar-refractivity contribution in [1.82, 2.24) is 0 Å². The van der Waals surface area contributed by atoms with Crippen LogP contribution in [0.4, 0.5) is 0 Å². The van der Waals surface area contributed by atoms with E-state index < -0.39 is 68.3 Å². The summed E-state index contributed by atoms with van der Waals surface area (Å²) in [5.41, 5.74) is 0. The number of ether oxygens (including phenoxy) is 6. The number of rotatable bonds is 15. The number of hydrogen-bond acceptors (Lipinski definition) is 20. The largest absolute Gasteiger partial charge is 1.00 e. The third kappa shape index (κ3) is 26.3. The fourth-order valence-corrected chi connectivity index (χ4v) is 4.82. The van der Waals surface area contributed by atoms with Gasteiger partial charge in [-0.3, -0.25) is 37.8 Å². The van der Waals surface area contributed by atoms with E-state index in [-0.39, 0.29) is 146 Å². The molecule has 0 spiro atoms. The number of phosphoric ester groups is 1. The Labute approximate surface area is 361 Å². The number of esters is 6. The molecule has 24 heteroatoms. The molecule has 3 unspecified atom stereocenters. The molecule has 1 aliphatic carbocycles. The van der Waals surface area contributed by atoms with Crippen LogP contribution in [0.15, 0.2) is 0 Å². The molecule has 0 aromatic heterocycles. The van der Waals surface area contributed by atoms with Gasteiger partial charge in [0, 0.05) is 40.0 Å². The topological polar surface area (TPSA) is 283 Å². The van der Waals surface area contributed by atoms with E-state index >= 15 is 0 Å². The summed E-state index contributed by atoms with van der Waals surface area (Å²) < 4.78 is 53.3. The molecule has 0 aromatic carbocycles. The first-order chi connectivity index (χ1) is 22.5. The van der Waals surface area contributed by atoms with Crippen molar-refractivity contribution in [2.75, 3.05) is 19.8 Å². The average Bonchev–Trinajstić information content (AvgIpc) is 3.03. The molecule has 51 heavy (non-hydrogen) atoms. The average molecular weight is 787 g/mol. The fraction of sp³-hybridized carbons (Fsp3) is 0.667. The summed E-state index contributed by atoms with van der Waals surface area (Å²) in [6.45, 7) is 4.79. The predicted octanol–water partition coefficient (Wildman–Crippen LogP) is -9.30. The molecule has 20 nitrogen and oxygen atoms in total. The van der Waals surface area contributed by atoms with E-state index in [1.54, 1.807) is 0 Å². The van der Waals surface area contributed by atoms with Gasteiger partial charge in [-0.1, -0.05) is 0 Å². The molecule has 2 fully saturated rings. The van der Waals surface area contributed by atoms with Crippen molar-refractivity contribution in [2.45, 2.75) is 95.9 Å². The number of hydrogen-bond donors (Lipinski definition) is 4. The van der Waals surface area contributed by atoms with Crippen molar-refractivity contribution < 1.29 is 184 Å². The SMILES string of the molecule is CC(=O)OCCCC(=O)O[CH-]OP1(=O)O[C@@H]2C(O)[C@@H](O1)[C@@H](O)C(O)[C@H]2O.[CH2-]OC(=O)CCCOC(C)=O.[CH2-]OC(=O)CCCOC(C)=O.[Na+].[Na+].[Na+]. The van der Waals surface area contributed by atoms with Crippen LogP contribution in [0.25, 0.3) is 0 Å². The van der Waals surface area contributed by atoms with Crippen molar-refractivity contribution in [3.8, 4) is 0 Å². The molecule has 1 saturated carbocycles. The molecule has 2 bridgehead atoms. The van der Waals surface area contributed by atoms with Crippen LogP contribution >= 0.6 is 7.82 Å². The first-order valence-corrected chi connectivity index (χ1v) is 15.6. The molecule has 0 amide bonds.